The van der Waals surface area contributed by atoms with Crippen molar-refractivity contribution in [2.45, 2.75) is 31.9 Å². The molecule has 0 aromatic heterocycles. The van der Waals surface area contributed by atoms with Gasteiger partial charge in [0.25, 0.3) is 0 Å². The predicted octanol–water partition coefficient (Wildman–Crippen LogP) is 2.66. The van der Waals surface area contributed by atoms with Crippen LogP contribution in [0.2, 0.25) is 0 Å². The molecule has 0 spiro atoms. The second kappa shape index (κ2) is 6.16. The van der Waals surface area contributed by atoms with Crippen LogP contribution < -0.4 is 10.1 Å². The maximum Gasteiger partial charge on any atom is 0.131 e. The molecule has 4 heteroatoms. The van der Waals surface area contributed by atoms with Gasteiger partial charge in [0.05, 0.1) is 13.2 Å². The maximum atomic E-state index is 13.9. The summed E-state index contributed by atoms with van der Waals surface area (Å²) in [6, 6.07) is 4.93. The fourth-order valence-electron chi connectivity index (χ4n) is 2.16. The summed E-state index contributed by atoms with van der Waals surface area (Å²) in [4.78, 5) is 0. The van der Waals surface area contributed by atoms with E-state index in [1.165, 1.54) is 6.07 Å². The van der Waals surface area contributed by atoms with Crippen LogP contribution in [0.5, 0.6) is 5.75 Å². The van der Waals surface area contributed by atoms with Crippen molar-refractivity contribution in [2.24, 2.45) is 0 Å². The molecular weight excluding hydrogens is 233 g/mol. The topological polar surface area (TPSA) is 30.5 Å². The van der Waals surface area contributed by atoms with Crippen molar-refractivity contribution in [3.8, 4) is 5.75 Å². The second-order valence-electron chi connectivity index (χ2n) is 4.59. The Hall–Kier alpha value is -1.13. The number of nitrogens with one attached hydrogen (secondary N) is 1. The van der Waals surface area contributed by atoms with Gasteiger partial charge in [0.1, 0.15) is 17.7 Å². The molecule has 1 fully saturated rings. The van der Waals surface area contributed by atoms with Crippen LogP contribution in [0, 0.1) is 5.82 Å². The largest absolute Gasteiger partial charge is 0.490 e. The van der Waals surface area contributed by atoms with Crippen LogP contribution in [-0.2, 0) is 4.74 Å². The number of rotatable bonds is 4. The number of ether oxygens (including phenoxy) is 2. The highest BCUT2D eigenvalue weighted by Crippen LogP contribution is 2.29. The number of benzene rings is 1. The van der Waals surface area contributed by atoms with Gasteiger partial charge >= 0.3 is 0 Å². The maximum absolute atomic E-state index is 13.9. The van der Waals surface area contributed by atoms with E-state index in [0.29, 0.717) is 11.3 Å². The van der Waals surface area contributed by atoms with Crippen LogP contribution in [0.1, 0.15) is 31.4 Å². The molecule has 1 heterocycles. The molecule has 0 amide bonds. The van der Waals surface area contributed by atoms with Gasteiger partial charge in [-0.2, -0.15) is 0 Å². The summed E-state index contributed by atoms with van der Waals surface area (Å²) in [6.45, 7) is 3.36. The first-order chi connectivity index (χ1) is 8.72. The fraction of sp³-hybridized carbons (Fsp3) is 0.571. The lowest BCUT2D eigenvalue weighted by molar-refractivity contribution is 0.0249. The minimum atomic E-state index is -0.221. The van der Waals surface area contributed by atoms with E-state index in [4.69, 9.17) is 9.47 Å². The van der Waals surface area contributed by atoms with Gasteiger partial charge in [-0.3, -0.25) is 0 Å². The van der Waals surface area contributed by atoms with E-state index < -0.39 is 0 Å². The molecule has 1 atom stereocenters. The molecule has 1 unspecified atom stereocenters. The van der Waals surface area contributed by atoms with E-state index in [2.05, 4.69) is 5.32 Å². The average molecular weight is 253 g/mol. The fourth-order valence-corrected chi connectivity index (χ4v) is 2.16. The molecule has 0 aliphatic carbocycles. The van der Waals surface area contributed by atoms with Crippen molar-refractivity contribution in [2.75, 3.05) is 20.3 Å². The number of halogens is 1. The molecule has 1 aromatic rings. The molecule has 1 aliphatic rings. The third-order valence-electron chi connectivity index (χ3n) is 3.34. The van der Waals surface area contributed by atoms with Crippen molar-refractivity contribution < 1.29 is 13.9 Å². The van der Waals surface area contributed by atoms with Gasteiger partial charge in [0, 0.05) is 24.4 Å². The van der Waals surface area contributed by atoms with Gasteiger partial charge < -0.3 is 14.8 Å². The van der Waals surface area contributed by atoms with Crippen molar-refractivity contribution in [1.82, 2.24) is 5.32 Å². The Kier molecular flexibility index (Phi) is 4.55. The van der Waals surface area contributed by atoms with Crippen LogP contribution in [0.3, 0.4) is 0 Å². The van der Waals surface area contributed by atoms with Gasteiger partial charge in [-0.15, -0.1) is 0 Å². The monoisotopic (exact) mass is 253 g/mol. The quantitative estimate of drug-likeness (QED) is 0.895. The Morgan fingerprint density at radius 2 is 2.11 bits per heavy atom. The summed E-state index contributed by atoms with van der Waals surface area (Å²) in [7, 11) is 1.81. The first kappa shape index (κ1) is 13.3. The van der Waals surface area contributed by atoms with Gasteiger partial charge in [-0.1, -0.05) is 6.07 Å². The minimum absolute atomic E-state index is 0.0685. The third kappa shape index (κ3) is 3.00. The molecule has 3 nitrogen and oxygen atoms in total. The first-order valence-electron chi connectivity index (χ1n) is 6.42. The summed E-state index contributed by atoms with van der Waals surface area (Å²) in [5.74, 6) is 0.421. The van der Waals surface area contributed by atoms with Crippen molar-refractivity contribution in [3.05, 3.63) is 29.6 Å². The lowest BCUT2D eigenvalue weighted by atomic mass is 10.1. The Morgan fingerprint density at radius 1 is 1.39 bits per heavy atom. The highest BCUT2D eigenvalue weighted by molar-refractivity contribution is 5.37. The third-order valence-corrected chi connectivity index (χ3v) is 3.34. The normalized spacial score (nSPS) is 18.6. The summed E-state index contributed by atoms with van der Waals surface area (Å²) in [6.07, 6.45) is 1.86. The van der Waals surface area contributed by atoms with E-state index >= 15 is 0 Å². The zero-order valence-corrected chi connectivity index (χ0v) is 10.9. The van der Waals surface area contributed by atoms with Gasteiger partial charge in [0.2, 0.25) is 0 Å². The zero-order chi connectivity index (χ0) is 13.0. The number of hydrogen-bond acceptors (Lipinski definition) is 3. The van der Waals surface area contributed by atoms with E-state index in [1.54, 1.807) is 6.07 Å². The summed E-state index contributed by atoms with van der Waals surface area (Å²) in [5, 5.41) is 3.05. The second-order valence-corrected chi connectivity index (χ2v) is 4.59. The molecule has 2 rings (SSSR count). The molecule has 0 saturated carbocycles. The van der Waals surface area contributed by atoms with Crippen molar-refractivity contribution in [1.29, 1.82) is 0 Å². The Labute approximate surface area is 107 Å². The number of hydrogen-bond donors (Lipinski definition) is 1. The smallest absolute Gasteiger partial charge is 0.131 e. The highest BCUT2D eigenvalue weighted by Gasteiger charge is 2.20. The molecule has 1 aromatic carbocycles. The van der Waals surface area contributed by atoms with E-state index in [9.17, 15) is 4.39 Å². The molecule has 1 saturated heterocycles. The van der Waals surface area contributed by atoms with Crippen LogP contribution in [0.4, 0.5) is 4.39 Å². The van der Waals surface area contributed by atoms with Gasteiger partial charge in [-0.25, -0.2) is 4.39 Å². The average Bonchev–Trinajstić information content (AvgIpc) is 2.39. The molecule has 1 aliphatic heterocycles. The van der Waals surface area contributed by atoms with Crippen LogP contribution in [-0.4, -0.2) is 26.4 Å². The van der Waals surface area contributed by atoms with E-state index in [-0.39, 0.29) is 18.0 Å². The van der Waals surface area contributed by atoms with E-state index in [1.807, 2.05) is 20.0 Å². The highest BCUT2D eigenvalue weighted by atomic mass is 19.1. The van der Waals surface area contributed by atoms with Crippen molar-refractivity contribution >= 4 is 0 Å². The Morgan fingerprint density at radius 3 is 2.78 bits per heavy atom. The van der Waals surface area contributed by atoms with Crippen LogP contribution >= 0.6 is 0 Å². The lowest BCUT2D eigenvalue weighted by Crippen LogP contribution is -2.27. The van der Waals surface area contributed by atoms with Gasteiger partial charge in [0.15, 0.2) is 0 Å². The predicted molar refractivity (Wildman–Crippen MR) is 68.3 cm³/mol. The van der Waals surface area contributed by atoms with E-state index in [0.717, 1.165) is 26.1 Å². The zero-order valence-electron chi connectivity index (χ0n) is 10.9. The molecule has 100 valence electrons. The lowest BCUT2D eigenvalue weighted by Gasteiger charge is -2.26. The summed E-state index contributed by atoms with van der Waals surface area (Å²) in [5.41, 5.74) is 0.603. The molecule has 0 bridgehead atoms. The van der Waals surface area contributed by atoms with Crippen LogP contribution in [0.25, 0.3) is 0 Å². The SMILES string of the molecule is CNC(C)c1c(F)cccc1OC1CCOCC1. The molecular formula is C14H20FNO2. The first-order valence-corrected chi connectivity index (χ1v) is 6.42. The minimum Gasteiger partial charge on any atom is -0.490 e. The Balaban J connectivity index is 2.18. The van der Waals surface area contributed by atoms with Crippen LogP contribution in [0.15, 0.2) is 18.2 Å². The molecule has 1 N–H and O–H groups in total. The standard InChI is InChI=1S/C14H20FNO2/c1-10(16-2)14-12(15)4-3-5-13(14)18-11-6-8-17-9-7-11/h3-5,10-11,16H,6-9H2,1-2H3. The summed E-state index contributed by atoms with van der Waals surface area (Å²) >= 11 is 0. The summed E-state index contributed by atoms with van der Waals surface area (Å²) < 4.78 is 25.1. The molecule has 18 heavy (non-hydrogen) atoms. The van der Waals surface area contributed by atoms with Gasteiger partial charge in [-0.05, 0) is 26.1 Å². The van der Waals surface area contributed by atoms with Crippen molar-refractivity contribution in [3.63, 3.8) is 0 Å². The molecule has 0 radical (unpaired) electrons. The Bertz CT molecular complexity index is 391.